The Bertz CT molecular complexity index is 743. The molecule has 2 saturated heterocycles. The Kier molecular flexibility index (Phi) is 5.47. The summed E-state index contributed by atoms with van der Waals surface area (Å²) in [6, 6.07) is -0.0250. The average molecular weight is 382 g/mol. The number of sulfonamides is 1. The summed E-state index contributed by atoms with van der Waals surface area (Å²) in [6.07, 6.45) is 6.63. The maximum absolute atomic E-state index is 12.0. The fraction of sp³-hybridized carbons (Fsp3) is 0.706. The maximum Gasteiger partial charge on any atom is 0.415 e. The lowest BCUT2D eigenvalue weighted by atomic mass is 9.93. The molecule has 0 N–H and O–H groups in total. The average Bonchev–Trinajstić information content (AvgIpc) is 2.97. The summed E-state index contributed by atoms with van der Waals surface area (Å²) in [5, 5.41) is 0. The Balaban J connectivity index is 1.61. The van der Waals surface area contributed by atoms with E-state index in [1.165, 1.54) is 10.6 Å². The van der Waals surface area contributed by atoms with Crippen LogP contribution in [0.5, 0.6) is 0 Å². The molecule has 3 rings (SSSR count). The Morgan fingerprint density at radius 1 is 1.23 bits per heavy atom. The first kappa shape index (κ1) is 19.0. The van der Waals surface area contributed by atoms with Crippen LogP contribution in [0.25, 0.3) is 0 Å². The van der Waals surface area contributed by atoms with Gasteiger partial charge in [-0.2, -0.15) is 0 Å². The minimum absolute atomic E-state index is 0.0250. The highest BCUT2D eigenvalue weighted by Crippen LogP contribution is 2.26. The summed E-state index contributed by atoms with van der Waals surface area (Å²) in [5.74, 6) is 1.18. The van der Waals surface area contributed by atoms with Gasteiger partial charge in [0, 0.05) is 13.1 Å². The SMILES string of the molecule is CC(C)C1COC(=O)N1c1cnc(CC2CCN(S(C)(=O)=O)CC2)cn1. The molecule has 0 aromatic carbocycles. The van der Waals surface area contributed by atoms with Gasteiger partial charge in [-0.1, -0.05) is 13.8 Å². The largest absolute Gasteiger partial charge is 0.447 e. The van der Waals surface area contributed by atoms with Crippen LogP contribution >= 0.6 is 0 Å². The van der Waals surface area contributed by atoms with Gasteiger partial charge in [0.2, 0.25) is 10.0 Å². The second-order valence-corrected chi connectivity index (χ2v) is 9.42. The first-order chi connectivity index (χ1) is 12.3. The first-order valence-corrected chi connectivity index (χ1v) is 10.8. The van der Waals surface area contributed by atoms with E-state index in [-0.39, 0.29) is 18.1 Å². The molecule has 0 spiro atoms. The van der Waals surface area contributed by atoms with Crippen LogP contribution in [0.15, 0.2) is 12.4 Å². The third-order valence-corrected chi connectivity index (χ3v) is 6.46. The summed E-state index contributed by atoms with van der Waals surface area (Å²) >= 11 is 0. The van der Waals surface area contributed by atoms with Gasteiger partial charge < -0.3 is 4.74 Å². The highest BCUT2D eigenvalue weighted by molar-refractivity contribution is 7.88. The molecule has 1 aromatic heterocycles. The molecular formula is C17H26N4O4S. The first-order valence-electron chi connectivity index (χ1n) is 8.97. The number of hydrogen-bond donors (Lipinski definition) is 0. The van der Waals surface area contributed by atoms with Crippen molar-refractivity contribution in [2.75, 3.05) is 30.9 Å². The van der Waals surface area contributed by atoms with Gasteiger partial charge in [0.15, 0.2) is 5.82 Å². The topological polar surface area (TPSA) is 92.7 Å². The number of rotatable bonds is 5. The summed E-state index contributed by atoms with van der Waals surface area (Å²) < 4.78 is 29.8. The van der Waals surface area contributed by atoms with Gasteiger partial charge in [-0.3, -0.25) is 9.88 Å². The molecule has 9 heteroatoms. The molecular weight excluding hydrogens is 356 g/mol. The van der Waals surface area contributed by atoms with Crippen LogP contribution in [0.3, 0.4) is 0 Å². The maximum atomic E-state index is 12.0. The summed E-state index contributed by atoms with van der Waals surface area (Å²) in [6.45, 7) is 5.59. The number of amides is 1. The standard InChI is InChI=1S/C17H26N4O4S/c1-12(2)15-11-25-17(22)21(15)16-10-18-14(9-19-16)8-13-4-6-20(7-5-13)26(3,23)24/h9-10,12-13,15H,4-8,11H2,1-3H3. The normalized spacial score (nSPS) is 22.8. The van der Waals surface area contributed by atoms with Gasteiger partial charge >= 0.3 is 6.09 Å². The van der Waals surface area contributed by atoms with E-state index in [0.717, 1.165) is 25.0 Å². The van der Waals surface area contributed by atoms with E-state index in [1.54, 1.807) is 17.3 Å². The Morgan fingerprint density at radius 2 is 1.92 bits per heavy atom. The molecule has 26 heavy (non-hydrogen) atoms. The van der Waals surface area contributed by atoms with Crippen molar-refractivity contribution < 1.29 is 17.9 Å². The highest BCUT2D eigenvalue weighted by atomic mass is 32.2. The molecule has 8 nitrogen and oxygen atoms in total. The summed E-state index contributed by atoms with van der Waals surface area (Å²) in [5.41, 5.74) is 0.861. The fourth-order valence-electron chi connectivity index (χ4n) is 3.51. The Hall–Kier alpha value is -1.74. The number of carbonyl (C=O) groups excluding carboxylic acids is 1. The summed E-state index contributed by atoms with van der Waals surface area (Å²) in [4.78, 5) is 22.5. The zero-order valence-electron chi connectivity index (χ0n) is 15.5. The smallest absolute Gasteiger partial charge is 0.415 e. The molecule has 0 saturated carbocycles. The van der Waals surface area contributed by atoms with Crippen LogP contribution in [0.2, 0.25) is 0 Å². The Labute approximate surface area is 154 Å². The van der Waals surface area contributed by atoms with Crippen LogP contribution in [0.1, 0.15) is 32.4 Å². The van der Waals surface area contributed by atoms with Gasteiger partial charge in [-0.25, -0.2) is 22.5 Å². The van der Waals surface area contributed by atoms with E-state index < -0.39 is 10.0 Å². The van der Waals surface area contributed by atoms with Crippen molar-refractivity contribution in [3.63, 3.8) is 0 Å². The van der Waals surface area contributed by atoms with Crippen molar-refractivity contribution in [1.29, 1.82) is 0 Å². The molecule has 144 valence electrons. The van der Waals surface area contributed by atoms with E-state index in [4.69, 9.17) is 4.74 Å². The third kappa shape index (κ3) is 4.15. The van der Waals surface area contributed by atoms with Gasteiger partial charge in [0.25, 0.3) is 0 Å². The van der Waals surface area contributed by atoms with Crippen molar-refractivity contribution in [3.05, 3.63) is 18.1 Å². The number of nitrogens with zero attached hydrogens (tertiary/aromatic N) is 4. The van der Waals surface area contributed by atoms with E-state index in [1.807, 2.05) is 13.8 Å². The van der Waals surface area contributed by atoms with Gasteiger partial charge in [-0.15, -0.1) is 0 Å². The van der Waals surface area contributed by atoms with Gasteiger partial charge in [-0.05, 0) is 31.1 Å². The molecule has 1 atom stereocenters. The van der Waals surface area contributed by atoms with Crippen LogP contribution in [-0.2, 0) is 21.2 Å². The number of aromatic nitrogens is 2. The number of hydrogen-bond acceptors (Lipinski definition) is 6. The molecule has 1 aromatic rings. The predicted molar refractivity (Wildman–Crippen MR) is 97.3 cm³/mol. The van der Waals surface area contributed by atoms with E-state index >= 15 is 0 Å². The molecule has 0 radical (unpaired) electrons. The number of cyclic esters (lactones) is 1. The van der Waals surface area contributed by atoms with E-state index in [9.17, 15) is 13.2 Å². The lowest BCUT2D eigenvalue weighted by Crippen LogP contribution is -2.38. The molecule has 1 unspecified atom stereocenters. The van der Waals surface area contributed by atoms with E-state index in [2.05, 4.69) is 9.97 Å². The zero-order chi connectivity index (χ0) is 18.9. The van der Waals surface area contributed by atoms with Crippen molar-refractivity contribution in [2.45, 2.75) is 39.2 Å². The van der Waals surface area contributed by atoms with Crippen LogP contribution in [-0.4, -0.2) is 60.8 Å². The second kappa shape index (κ2) is 7.48. The number of carbonyl (C=O) groups is 1. The molecule has 0 aliphatic carbocycles. The van der Waals surface area contributed by atoms with Crippen molar-refractivity contribution in [2.24, 2.45) is 11.8 Å². The zero-order valence-corrected chi connectivity index (χ0v) is 16.3. The number of anilines is 1. The lowest BCUT2D eigenvalue weighted by molar-refractivity contribution is 0.177. The minimum Gasteiger partial charge on any atom is -0.447 e. The lowest BCUT2D eigenvalue weighted by Gasteiger charge is -2.30. The highest BCUT2D eigenvalue weighted by Gasteiger charge is 2.37. The number of ether oxygens (including phenoxy) is 1. The van der Waals surface area contributed by atoms with Crippen LogP contribution in [0, 0.1) is 11.8 Å². The molecule has 3 heterocycles. The summed E-state index contributed by atoms with van der Waals surface area (Å²) in [7, 11) is -3.10. The van der Waals surface area contributed by atoms with Crippen LogP contribution < -0.4 is 4.90 Å². The molecule has 2 aliphatic rings. The fourth-order valence-corrected chi connectivity index (χ4v) is 4.38. The quantitative estimate of drug-likeness (QED) is 0.769. The minimum atomic E-state index is -3.10. The van der Waals surface area contributed by atoms with Gasteiger partial charge in [0.1, 0.15) is 6.61 Å². The number of piperidine rings is 1. The van der Waals surface area contributed by atoms with Crippen molar-refractivity contribution >= 4 is 21.9 Å². The van der Waals surface area contributed by atoms with Crippen LogP contribution in [0.4, 0.5) is 10.6 Å². The molecule has 2 aliphatic heterocycles. The second-order valence-electron chi connectivity index (χ2n) is 7.43. The molecule has 0 bridgehead atoms. The molecule has 2 fully saturated rings. The third-order valence-electron chi connectivity index (χ3n) is 5.15. The molecule has 1 amide bonds. The van der Waals surface area contributed by atoms with Crippen molar-refractivity contribution in [1.82, 2.24) is 14.3 Å². The predicted octanol–water partition coefficient (Wildman–Crippen LogP) is 1.67. The van der Waals surface area contributed by atoms with Gasteiger partial charge in [0.05, 0.1) is 30.4 Å². The van der Waals surface area contributed by atoms with Crippen molar-refractivity contribution in [3.8, 4) is 0 Å². The Morgan fingerprint density at radius 3 is 2.46 bits per heavy atom. The monoisotopic (exact) mass is 382 g/mol. The van der Waals surface area contributed by atoms with E-state index in [0.29, 0.717) is 31.4 Å².